The Balaban J connectivity index is 1.92. The van der Waals surface area contributed by atoms with Crippen LogP contribution in [0.4, 0.5) is 9.93 Å². The number of benzene rings is 1. The minimum absolute atomic E-state index is 0.352. The van der Waals surface area contributed by atoms with E-state index in [-0.39, 0.29) is 5.91 Å². The summed E-state index contributed by atoms with van der Waals surface area (Å²) in [6, 6.07) is 8.96. The van der Waals surface area contributed by atoms with Crippen molar-refractivity contribution in [2.75, 3.05) is 5.32 Å². The van der Waals surface area contributed by atoms with E-state index in [2.05, 4.69) is 15.6 Å². The highest BCUT2D eigenvalue weighted by molar-refractivity contribution is 7.14. The van der Waals surface area contributed by atoms with Crippen molar-refractivity contribution in [1.82, 2.24) is 10.3 Å². The van der Waals surface area contributed by atoms with Gasteiger partial charge < -0.3 is 15.4 Å². The van der Waals surface area contributed by atoms with Gasteiger partial charge in [0.05, 0.1) is 5.69 Å². The molecule has 0 aliphatic heterocycles. The van der Waals surface area contributed by atoms with Crippen LogP contribution >= 0.6 is 11.3 Å². The number of alkyl carbamates (subject to hydrolysis) is 1. The van der Waals surface area contributed by atoms with Crippen LogP contribution in [0.5, 0.6) is 0 Å². The van der Waals surface area contributed by atoms with E-state index in [1.165, 1.54) is 11.3 Å². The van der Waals surface area contributed by atoms with Crippen LogP contribution < -0.4 is 10.6 Å². The number of hydrogen-bond acceptors (Lipinski definition) is 5. The lowest BCUT2D eigenvalue weighted by molar-refractivity contribution is -0.117. The van der Waals surface area contributed by atoms with Crippen LogP contribution in [0.3, 0.4) is 0 Å². The van der Waals surface area contributed by atoms with Crippen molar-refractivity contribution in [3.8, 4) is 11.3 Å². The monoisotopic (exact) mass is 347 g/mol. The molecule has 7 heteroatoms. The summed E-state index contributed by atoms with van der Waals surface area (Å²) in [6.07, 6.45) is -0.630. The van der Waals surface area contributed by atoms with Gasteiger partial charge in [0.15, 0.2) is 5.13 Å². The van der Waals surface area contributed by atoms with Gasteiger partial charge in [-0.2, -0.15) is 0 Å². The van der Waals surface area contributed by atoms with E-state index in [1.807, 2.05) is 35.7 Å². The lowest BCUT2D eigenvalue weighted by Crippen LogP contribution is -2.43. The Morgan fingerprint density at radius 3 is 2.50 bits per heavy atom. The molecule has 1 heterocycles. The van der Waals surface area contributed by atoms with E-state index in [9.17, 15) is 9.59 Å². The first-order chi connectivity index (χ1) is 11.2. The van der Waals surface area contributed by atoms with Crippen LogP contribution in [0.25, 0.3) is 11.3 Å². The van der Waals surface area contributed by atoms with Gasteiger partial charge in [-0.15, -0.1) is 11.3 Å². The van der Waals surface area contributed by atoms with Gasteiger partial charge in [0.1, 0.15) is 11.6 Å². The Bertz CT molecular complexity index is 707. The number of hydrogen-bond donors (Lipinski definition) is 2. The molecule has 2 N–H and O–H groups in total. The first-order valence-electron chi connectivity index (χ1n) is 7.56. The molecule has 0 aliphatic carbocycles. The summed E-state index contributed by atoms with van der Waals surface area (Å²) >= 11 is 1.33. The van der Waals surface area contributed by atoms with Gasteiger partial charge in [0.25, 0.3) is 0 Å². The highest BCUT2D eigenvalue weighted by Gasteiger charge is 2.21. The summed E-state index contributed by atoms with van der Waals surface area (Å²) < 4.78 is 5.13. The molecule has 0 aliphatic rings. The molecule has 0 saturated carbocycles. The second kappa shape index (κ2) is 7.44. The van der Waals surface area contributed by atoms with Crippen LogP contribution in [-0.2, 0) is 9.53 Å². The molecule has 2 rings (SSSR count). The lowest BCUT2D eigenvalue weighted by atomic mass is 10.2. The van der Waals surface area contributed by atoms with Crippen LogP contribution in [0, 0.1) is 0 Å². The first-order valence-corrected chi connectivity index (χ1v) is 8.44. The Labute approximate surface area is 145 Å². The zero-order valence-corrected chi connectivity index (χ0v) is 14.9. The maximum absolute atomic E-state index is 12.1. The molecule has 0 bridgehead atoms. The van der Waals surface area contributed by atoms with Crippen molar-refractivity contribution in [2.24, 2.45) is 0 Å². The Hall–Kier alpha value is -2.41. The van der Waals surface area contributed by atoms with Gasteiger partial charge in [-0.25, -0.2) is 9.78 Å². The number of thiazole rings is 1. The highest BCUT2D eigenvalue weighted by atomic mass is 32.1. The first kappa shape index (κ1) is 17.9. The third-order valence-electron chi connectivity index (χ3n) is 2.93. The number of anilines is 1. The summed E-state index contributed by atoms with van der Waals surface area (Å²) in [7, 11) is 0. The SMILES string of the molecule is C[C@H](NC(=O)OC(C)(C)C)C(=O)Nc1nc(-c2ccccc2)cs1. The van der Waals surface area contributed by atoms with Crippen LogP contribution in [0.1, 0.15) is 27.7 Å². The number of aromatic nitrogens is 1. The molecule has 1 aromatic carbocycles. The minimum atomic E-state index is -0.732. The fourth-order valence-corrected chi connectivity index (χ4v) is 2.56. The Kier molecular flexibility index (Phi) is 5.56. The fraction of sp³-hybridized carbons (Fsp3) is 0.353. The summed E-state index contributed by atoms with van der Waals surface area (Å²) in [5.41, 5.74) is 1.16. The van der Waals surface area contributed by atoms with Gasteiger partial charge in [0.2, 0.25) is 5.91 Å². The Morgan fingerprint density at radius 2 is 1.88 bits per heavy atom. The molecule has 1 aromatic heterocycles. The average Bonchev–Trinajstić information content (AvgIpc) is 2.94. The molecule has 0 fully saturated rings. The Morgan fingerprint density at radius 1 is 1.21 bits per heavy atom. The molecule has 0 spiro atoms. The number of ether oxygens (including phenoxy) is 1. The van der Waals surface area contributed by atoms with Crippen molar-refractivity contribution >= 4 is 28.5 Å². The molecule has 0 saturated heterocycles. The summed E-state index contributed by atoms with van der Waals surface area (Å²) in [4.78, 5) is 28.2. The summed E-state index contributed by atoms with van der Waals surface area (Å²) in [5, 5.41) is 7.55. The van der Waals surface area contributed by atoms with Crippen molar-refractivity contribution in [2.45, 2.75) is 39.3 Å². The van der Waals surface area contributed by atoms with E-state index in [0.717, 1.165) is 11.3 Å². The molecule has 2 aromatic rings. The van der Waals surface area contributed by atoms with E-state index in [0.29, 0.717) is 5.13 Å². The van der Waals surface area contributed by atoms with E-state index >= 15 is 0 Å². The standard InChI is InChI=1S/C17H21N3O3S/c1-11(18-16(22)23-17(2,3)4)14(21)20-15-19-13(10-24-15)12-8-6-5-7-9-12/h5-11H,1-4H3,(H,18,22)(H,19,20,21)/t11-/m0/s1. The fourth-order valence-electron chi connectivity index (χ4n) is 1.84. The topological polar surface area (TPSA) is 80.3 Å². The van der Waals surface area contributed by atoms with Crippen molar-refractivity contribution in [3.05, 3.63) is 35.7 Å². The highest BCUT2D eigenvalue weighted by Crippen LogP contribution is 2.24. The van der Waals surface area contributed by atoms with Crippen molar-refractivity contribution in [3.63, 3.8) is 0 Å². The van der Waals surface area contributed by atoms with Gasteiger partial charge in [-0.05, 0) is 27.7 Å². The average molecular weight is 347 g/mol. The van der Waals surface area contributed by atoms with Gasteiger partial charge in [0, 0.05) is 10.9 Å². The molecular formula is C17H21N3O3S. The van der Waals surface area contributed by atoms with Gasteiger partial charge in [-0.1, -0.05) is 30.3 Å². The third kappa shape index (κ3) is 5.34. The number of nitrogens with one attached hydrogen (secondary N) is 2. The van der Waals surface area contributed by atoms with Crippen LogP contribution in [0.15, 0.2) is 35.7 Å². The predicted molar refractivity (Wildman–Crippen MR) is 95.0 cm³/mol. The second-order valence-corrected chi connectivity index (χ2v) is 7.12. The number of rotatable bonds is 4. The summed E-state index contributed by atoms with van der Waals surface area (Å²) in [5.74, 6) is -0.352. The zero-order chi connectivity index (χ0) is 17.7. The van der Waals surface area contributed by atoms with Gasteiger partial charge in [-0.3, -0.25) is 4.79 Å². The summed E-state index contributed by atoms with van der Waals surface area (Å²) in [6.45, 7) is 6.87. The number of carbonyl (C=O) groups is 2. The second-order valence-electron chi connectivity index (χ2n) is 6.26. The van der Waals surface area contributed by atoms with Crippen molar-refractivity contribution < 1.29 is 14.3 Å². The van der Waals surface area contributed by atoms with E-state index < -0.39 is 17.7 Å². The number of amides is 2. The molecule has 2 amide bonds. The molecular weight excluding hydrogens is 326 g/mol. The normalized spacial score (nSPS) is 12.3. The third-order valence-corrected chi connectivity index (χ3v) is 3.69. The number of carbonyl (C=O) groups excluding carboxylic acids is 2. The molecule has 0 unspecified atom stereocenters. The van der Waals surface area contributed by atoms with Crippen molar-refractivity contribution in [1.29, 1.82) is 0 Å². The molecule has 24 heavy (non-hydrogen) atoms. The molecule has 0 radical (unpaired) electrons. The largest absolute Gasteiger partial charge is 0.444 e. The molecule has 1 atom stereocenters. The predicted octanol–water partition coefficient (Wildman–Crippen LogP) is 3.66. The lowest BCUT2D eigenvalue weighted by Gasteiger charge is -2.21. The maximum Gasteiger partial charge on any atom is 0.408 e. The molecule has 6 nitrogen and oxygen atoms in total. The maximum atomic E-state index is 12.1. The zero-order valence-electron chi connectivity index (χ0n) is 14.1. The van der Waals surface area contributed by atoms with Gasteiger partial charge >= 0.3 is 6.09 Å². The quantitative estimate of drug-likeness (QED) is 0.884. The minimum Gasteiger partial charge on any atom is -0.444 e. The van der Waals surface area contributed by atoms with Crippen LogP contribution in [0.2, 0.25) is 0 Å². The van der Waals surface area contributed by atoms with Crippen LogP contribution in [-0.4, -0.2) is 28.6 Å². The van der Waals surface area contributed by atoms with E-state index in [4.69, 9.17) is 4.74 Å². The number of nitrogens with zero attached hydrogens (tertiary/aromatic N) is 1. The smallest absolute Gasteiger partial charge is 0.408 e. The molecule has 128 valence electrons. The van der Waals surface area contributed by atoms with E-state index in [1.54, 1.807) is 27.7 Å².